The Bertz CT molecular complexity index is 589. The number of sulfonamides is 1. The van der Waals surface area contributed by atoms with Crippen LogP contribution >= 0.6 is 0 Å². The van der Waals surface area contributed by atoms with E-state index in [9.17, 15) is 8.42 Å². The van der Waals surface area contributed by atoms with Gasteiger partial charge >= 0.3 is 0 Å². The molecule has 102 valence electrons. The molecule has 3 nitrogen and oxygen atoms in total. The summed E-state index contributed by atoms with van der Waals surface area (Å²) in [5, 5.41) is 0. The van der Waals surface area contributed by atoms with Crippen molar-refractivity contribution in [2.75, 3.05) is 6.54 Å². The Hall–Kier alpha value is -1.13. The molecule has 0 amide bonds. The lowest BCUT2D eigenvalue weighted by Gasteiger charge is -2.18. The zero-order chi connectivity index (χ0) is 13.5. The van der Waals surface area contributed by atoms with E-state index in [-0.39, 0.29) is 0 Å². The molecule has 0 aromatic heterocycles. The van der Waals surface area contributed by atoms with Crippen molar-refractivity contribution < 1.29 is 8.42 Å². The van der Waals surface area contributed by atoms with Crippen molar-refractivity contribution in [3.8, 4) is 0 Å². The van der Waals surface area contributed by atoms with Gasteiger partial charge in [0.25, 0.3) is 0 Å². The topological polar surface area (TPSA) is 46.2 Å². The van der Waals surface area contributed by atoms with Crippen molar-refractivity contribution >= 4 is 10.0 Å². The maximum atomic E-state index is 12.2. The highest BCUT2D eigenvalue weighted by molar-refractivity contribution is 7.89. The summed E-state index contributed by atoms with van der Waals surface area (Å²) in [7, 11) is -3.36. The molecule has 3 atom stereocenters. The molecular formula is C15H19NO2S. The van der Waals surface area contributed by atoms with Gasteiger partial charge < -0.3 is 0 Å². The maximum Gasteiger partial charge on any atom is 0.240 e. The summed E-state index contributed by atoms with van der Waals surface area (Å²) in [6.07, 6.45) is 6.85. The number of benzene rings is 1. The molecule has 0 spiro atoms. The Morgan fingerprint density at radius 2 is 1.89 bits per heavy atom. The van der Waals surface area contributed by atoms with Gasteiger partial charge in [0, 0.05) is 6.54 Å². The highest BCUT2D eigenvalue weighted by Gasteiger charge is 2.35. The maximum absolute atomic E-state index is 12.2. The number of rotatable bonds is 4. The first-order valence-corrected chi connectivity index (χ1v) is 8.27. The van der Waals surface area contributed by atoms with Crippen LogP contribution in [0, 0.1) is 24.7 Å². The lowest BCUT2D eigenvalue weighted by atomic mass is 9.94. The minimum Gasteiger partial charge on any atom is -0.211 e. The van der Waals surface area contributed by atoms with Crippen LogP contribution in [0.2, 0.25) is 0 Å². The van der Waals surface area contributed by atoms with E-state index >= 15 is 0 Å². The van der Waals surface area contributed by atoms with Crippen LogP contribution in [-0.4, -0.2) is 15.0 Å². The van der Waals surface area contributed by atoms with E-state index in [0.29, 0.717) is 29.2 Å². The zero-order valence-corrected chi connectivity index (χ0v) is 11.9. The first-order chi connectivity index (χ1) is 9.04. The minimum absolute atomic E-state index is 0.358. The predicted molar refractivity (Wildman–Crippen MR) is 75.2 cm³/mol. The Labute approximate surface area is 114 Å². The molecular weight excluding hydrogens is 258 g/mol. The quantitative estimate of drug-likeness (QED) is 0.859. The first kappa shape index (κ1) is 12.9. The number of hydrogen-bond acceptors (Lipinski definition) is 2. The van der Waals surface area contributed by atoms with Crippen LogP contribution in [0.1, 0.15) is 18.4 Å². The third-order valence-corrected chi connectivity index (χ3v) is 5.72. The van der Waals surface area contributed by atoms with Gasteiger partial charge in [0.1, 0.15) is 0 Å². The number of nitrogens with one attached hydrogen (secondary N) is 1. The molecule has 0 saturated heterocycles. The van der Waals surface area contributed by atoms with E-state index in [1.165, 1.54) is 6.42 Å². The fourth-order valence-corrected chi connectivity index (χ4v) is 4.24. The van der Waals surface area contributed by atoms with Gasteiger partial charge in [-0.15, -0.1) is 0 Å². The lowest BCUT2D eigenvalue weighted by molar-refractivity contribution is 0.440. The van der Waals surface area contributed by atoms with Gasteiger partial charge in [0.05, 0.1) is 4.90 Å². The monoisotopic (exact) mass is 277 g/mol. The van der Waals surface area contributed by atoms with Crippen LogP contribution in [0.25, 0.3) is 0 Å². The second-order valence-corrected chi connectivity index (χ2v) is 7.47. The van der Waals surface area contributed by atoms with Crippen molar-refractivity contribution in [1.82, 2.24) is 4.72 Å². The molecule has 1 fully saturated rings. The van der Waals surface area contributed by atoms with Crippen molar-refractivity contribution in [2.45, 2.75) is 24.7 Å². The molecule has 1 saturated carbocycles. The minimum atomic E-state index is -3.36. The Morgan fingerprint density at radius 1 is 1.16 bits per heavy atom. The van der Waals surface area contributed by atoms with Crippen LogP contribution in [-0.2, 0) is 10.0 Å². The second kappa shape index (κ2) is 4.76. The van der Waals surface area contributed by atoms with Gasteiger partial charge in [-0.3, -0.25) is 0 Å². The fourth-order valence-electron chi connectivity index (χ4n) is 3.15. The summed E-state index contributed by atoms with van der Waals surface area (Å²) in [6.45, 7) is 2.51. The van der Waals surface area contributed by atoms with Gasteiger partial charge in [-0.1, -0.05) is 29.8 Å². The molecule has 1 aromatic rings. The van der Waals surface area contributed by atoms with Crippen molar-refractivity contribution in [2.24, 2.45) is 17.8 Å². The first-order valence-electron chi connectivity index (χ1n) is 6.79. The van der Waals surface area contributed by atoms with E-state index in [4.69, 9.17) is 0 Å². The van der Waals surface area contributed by atoms with Crippen LogP contribution in [0.4, 0.5) is 0 Å². The Balaban J connectivity index is 1.66. The molecule has 19 heavy (non-hydrogen) atoms. The third kappa shape index (κ3) is 2.60. The van der Waals surface area contributed by atoms with Crippen LogP contribution in [0.15, 0.2) is 41.3 Å². The molecule has 4 heteroatoms. The van der Waals surface area contributed by atoms with Crippen LogP contribution < -0.4 is 4.72 Å². The van der Waals surface area contributed by atoms with E-state index in [1.807, 2.05) is 19.1 Å². The molecule has 0 radical (unpaired) electrons. The van der Waals surface area contributed by atoms with Gasteiger partial charge in [-0.25, -0.2) is 13.1 Å². The molecule has 3 rings (SSSR count). The van der Waals surface area contributed by atoms with E-state index in [2.05, 4.69) is 16.9 Å². The zero-order valence-electron chi connectivity index (χ0n) is 11.0. The third-order valence-electron chi connectivity index (χ3n) is 4.28. The summed E-state index contributed by atoms with van der Waals surface area (Å²) in [5.74, 6) is 1.72. The number of allylic oxidation sites excluding steroid dienone is 2. The lowest BCUT2D eigenvalue weighted by Crippen LogP contribution is -2.31. The number of aryl methyl sites for hydroxylation is 1. The normalized spacial score (nSPS) is 29.0. The van der Waals surface area contributed by atoms with E-state index < -0.39 is 10.0 Å². The number of hydrogen-bond donors (Lipinski definition) is 1. The highest BCUT2D eigenvalue weighted by atomic mass is 32.2. The van der Waals surface area contributed by atoms with Crippen LogP contribution in [0.5, 0.6) is 0 Å². The SMILES string of the molecule is Cc1ccc(S(=O)(=O)NC[C@@H]2C[C@@H]3C=C[C@@H]2C3)cc1. The van der Waals surface area contributed by atoms with E-state index in [0.717, 1.165) is 12.0 Å². The molecule has 2 aliphatic rings. The highest BCUT2D eigenvalue weighted by Crippen LogP contribution is 2.43. The molecule has 0 aliphatic heterocycles. The molecule has 1 aromatic carbocycles. The van der Waals surface area contributed by atoms with Gasteiger partial charge in [-0.2, -0.15) is 0 Å². The molecule has 0 heterocycles. The number of fused-ring (bicyclic) bond motifs is 2. The Kier molecular flexibility index (Phi) is 3.23. The van der Waals surface area contributed by atoms with Gasteiger partial charge in [0.2, 0.25) is 10.0 Å². The smallest absolute Gasteiger partial charge is 0.211 e. The van der Waals surface area contributed by atoms with Gasteiger partial charge in [0.15, 0.2) is 0 Å². The molecule has 1 N–H and O–H groups in total. The average Bonchev–Trinajstić information content (AvgIpc) is 2.99. The standard InChI is InChI=1S/C15H19NO2S/c1-11-2-6-15(7-3-11)19(17,18)16-10-14-9-12-4-5-13(14)8-12/h2-7,12-14,16H,8-10H2,1H3/t12-,13-,14+/m1/s1. The van der Waals surface area contributed by atoms with Crippen molar-refractivity contribution in [1.29, 1.82) is 0 Å². The summed E-state index contributed by atoms with van der Waals surface area (Å²) >= 11 is 0. The van der Waals surface area contributed by atoms with E-state index in [1.54, 1.807) is 12.1 Å². The largest absolute Gasteiger partial charge is 0.240 e. The average molecular weight is 277 g/mol. The molecule has 0 unspecified atom stereocenters. The van der Waals surface area contributed by atoms with Crippen molar-refractivity contribution in [3.05, 3.63) is 42.0 Å². The summed E-state index contributed by atoms with van der Waals surface area (Å²) in [6, 6.07) is 6.99. The van der Waals surface area contributed by atoms with Crippen molar-refractivity contribution in [3.63, 3.8) is 0 Å². The Morgan fingerprint density at radius 3 is 2.47 bits per heavy atom. The fraction of sp³-hybridized carbons (Fsp3) is 0.467. The summed E-state index contributed by atoms with van der Waals surface area (Å²) in [5.41, 5.74) is 1.07. The molecule has 2 bridgehead atoms. The molecule has 2 aliphatic carbocycles. The summed E-state index contributed by atoms with van der Waals surface area (Å²) < 4.78 is 27.1. The summed E-state index contributed by atoms with van der Waals surface area (Å²) in [4.78, 5) is 0.358. The van der Waals surface area contributed by atoms with Crippen LogP contribution in [0.3, 0.4) is 0 Å². The second-order valence-electron chi connectivity index (χ2n) is 5.71. The predicted octanol–water partition coefficient (Wildman–Crippen LogP) is 2.49. The van der Waals surface area contributed by atoms with Gasteiger partial charge in [-0.05, 0) is 49.7 Å².